The van der Waals surface area contributed by atoms with Gasteiger partial charge in [0, 0.05) is 12.1 Å². The first kappa shape index (κ1) is 11.1. The van der Waals surface area contributed by atoms with Gasteiger partial charge in [-0.3, -0.25) is 4.79 Å². The Kier molecular flexibility index (Phi) is 3.69. The third-order valence-electron chi connectivity index (χ3n) is 2.03. The van der Waals surface area contributed by atoms with Crippen LogP contribution in [0, 0.1) is 11.3 Å². The zero-order valence-electron chi connectivity index (χ0n) is 8.36. The van der Waals surface area contributed by atoms with Crippen molar-refractivity contribution in [2.75, 3.05) is 5.73 Å². The zero-order valence-corrected chi connectivity index (χ0v) is 8.36. The number of benzene rings is 1. The van der Waals surface area contributed by atoms with Crippen LogP contribution in [0.2, 0.25) is 0 Å². The third kappa shape index (κ3) is 3.69. The number of nitrogen functional groups attached to an aromatic ring is 1. The summed E-state index contributed by atoms with van der Waals surface area (Å²) in [4.78, 5) is 10.5. The molecule has 4 nitrogen and oxygen atoms in total. The Labute approximate surface area is 88.5 Å². The molecule has 0 bridgehead atoms. The lowest BCUT2D eigenvalue weighted by Gasteiger charge is -2.02. The molecule has 0 aliphatic rings. The fraction of sp³-hybridized carbons (Fsp3) is 0.273. The Bertz CT molecular complexity index is 407. The summed E-state index contributed by atoms with van der Waals surface area (Å²) in [5.74, 6) is -0.306. The molecule has 0 radical (unpaired) electrons. The minimum absolute atomic E-state index is 0.306. The van der Waals surface area contributed by atoms with Gasteiger partial charge in [-0.25, -0.2) is 0 Å². The smallest absolute Gasteiger partial charge is 0.217 e. The molecule has 1 rings (SSSR count). The predicted octanol–water partition coefficient (Wildman–Crippen LogP) is 0.948. The van der Waals surface area contributed by atoms with Crippen LogP contribution >= 0.6 is 0 Å². The van der Waals surface area contributed by atoms with Crippen molar-refractivity contribution >= 4 is 11.6 Å². The van der Waals surface area contributed by atoms with E-state index in [0.717, 1.165) is 5.56 Å². The average molecular weight is 203 g/mol. The Morgan fingerprint density at radius 2 is 2.13 bits per heavy atom. The Hall–Kier alpha value is -2.02. The Morgan fingerprint density at radius 3 is 2.73 bits per heavy atom. The van der Waals surface area contributed by atoms with E-state index in [-0.39, 0.29) is 5.91 Å². The van der Waals surface area contributed by atoms with E-state index in [1.807, 2.05) is 12.1 Å². The van der Waals surface area contributed by atoms with E-state index in [1.165, 1.54) is 0 Å². The van der Waals surface area contributed by atoms with Crippen LogP contribution in [0.5, 0.6) is 0 Å². The molecule has 0 aromatic heterocycles. The molecule has 0 unspecified atom stereocenters. The minimum Gasteiger partial charge on any atom is -0.399 e. The van der Waals surface area contributed by atoms with E-state index < -0.39 is 0 Å². The monoisotopic (exact) mass is 203 g/mol. The molecular weight excluding hydrogens is 190 g/mol. The van der Waals surface area contributed by atoms with Crippen LogP contribution in [0.15, 0.2) is 18.2 Å². The molecule has 1 aromatic rings. The molecule has 0 aliphatic heterocycles. The van der Waals surface area contributed by atoms with Gasteiger partial charge in [0.2, 0.25) is 5.91 Å². The van der Waals surface area contributed by atoms with Crippen molar-refractivity contribution in [3.05, 3.63) is 29.3 Å². The highest BCUT2D eigenvalue weighted by Gasteiger charge is 2.00. The van der Waals surface area contributed by atoms with Gasteiger partial charge in [0.15, 0.2) is 0 Å². The van der Waals surface area contributed by atoms with E-state index in [0.29, 0.717) is 30.5 Å². The second-order valence-corrected chi connectivity index (χ2v) is 3.39. The lowest BCUT2D eigenvalue weighted by atomic mass is 10.0. The summed E-state index contributed by atoms with van der Waals surface area (Å²) in [5, 5.41) is 8.72. The third-order valence-corrected chi connectivity index (χ3v) is 2.03. The molecule has 1 aromatic carbocycles. The summed E-state index contributed by atoms with van der Waals surface area (Å²) in [5.41, 5.74) is 12.7. The van der Waals surface area contributed by atoms with Crippen LogP contribution in [0.3, 0.4) is 0 Å². The van der Waals surface area contributed by atoms with Gasteiger partial charge < -0.3 is 11.5 Å². The highest BCUT2D eigenvalue weighted by molar-refractivity contribution is 5.73. The molecule has 4 N–H and O–H groups in total. The van der Waals surface area contributed by atoms with Gasteiger partial charge in [0.05, 0.1) is 11.6 Å². The lowest BCUT2D eigenvalue weighted by molar-refractivity contribution is -0.118. The highest BCUT2D eigenvalue weighted by Crippen LogP contribution is 2.13. The van der Waals surface area contributed by atoms with Crippen molar-refractivity contribution in [2.24, 2.45) is 5.73 Å². The molecule has 0 saturated carbocycles. The molecule has 0 heterocycles. The van der Waals surface area contributed by atoms with Crippen LogP contribution in [0.1, 0.15) is 24.0 Å². The van der Waals surface area contributed by atoms with Crippen LogP contribution in [-0.2, 0) is 11.2 Å². The van der Waals surface area contributed by atoms with E-state index in [4.69, 9.17) is 16.7 Å². The summed E-state index contributed by atoms with van der Waals surface area (Å²) in [7, 11) is 0. The van der Waals surface area contributed by atoms with E-state index in [2.05, 4.69) is 0 Å². The van der Waals surface area contributed by atoms with Crippen LogP contribution in [-0.4, -0.2) is 5.91 Å². The number of nitrogens with zero attached hydrogens (tertiary/aromatic N) is 1. The molecular formula is C11H13N3O. The number of rotatable bonds is 4. The molecule has 0 fully saturated rings. The predicted molar refractivity (Wildman–Crippen MR) is 57.7 cm³/mol. The van der Waals surface area contributed by atoms with E-state index >= 15 is 0 Å². The second kappa shape index (κ2) is 5.01. The molecule has 4 heteroatoms. The number of anilines is 1. The van der Waals surface area contributed by atoms with Gasteiger partial charge in [-0.2, -0.15) is 5.26 Å². The fourth-order valence-corrected chi connectivity index (χ4v) is 1.39. The maximum absolute atomic E-state index is 10.5. The van der Waals surface area contributed by atoms with Gasteiger partial charge in [0.25, 0.3) is 0 Å². The van der Waals surface area contributed by atoms with Crippen LogP contribution < -0.4 is 11.5 Å². The van der Waals surface area contributed by atoms with Gasteiger partial charge in [-0.05, 0) is 36.6 Å². The highest BCUT2D eigenvalue weighted by atomic mass is 16.1. The van der Waals surface area contributed by atoms with Crippen molar-refractivity contribution < 1.29 is 4.79 Å². The maximum Gasteiger partial charge on any atom is 0.217 e. The van der Waals surface area contributed by atoms with E-state index in [1.54, 1.807) is 12.1 Å². The number of carbonyl (C=O) groups excluding carboxylic acids is 1. The molecule has 1 amide bonds. The lowest BCUT2D eigenvalue weighted by Crippen LogP contribution is -2.10. The summed E-state index contributed by atoms with van der Waals surface area (Å²) in [6.07, 6.45) is 1.75. The average Bonchev–Trinajstić information content (AvgIpc) is 2.16. The van der Waals surface area contributed by atoms with Crippen molar-refractivity contribution in [3.8, 4) is 6.07 Å². The minimum atomic E-state index is -0.306. The summed E-state index contributed by atoms with van der Waals surface area (Å²) < 4.78 is 0. The van der Waals surface area contributed by atoms with Gasteiger partial charge in [0.1, 0.15) is 0 Å². The molecule has 15 heavy (non-hydrogen) atoms. The first-order chi connectivity index (χ1) is 7.11. The number of hydrogen-bond acceptors (Lipinski definition) is 3. The normalized spacial score (nSPS) is 9.53. The molecule has 0 spiro atoms. The standard InChI is InChI=1S/C11H13N3O/c12-7-9-4-8(5-10(13)6-9)2-1-3-11(14)15/h4-6H,1-3,13H2,(H2,14,15). The van der Waals surface area contributed by atoms with Gasteiger partial charge in [-0.1, -0.05) is 0 Å². The maximum atomic E-state index is 10.5. The van der Waals surface area contributed by atoms with Crippen molar-refractivity contribution in [1.82, 2.24) is 0 Å². The quantitative estimate of drug-likeness (QED) is 0.713. The van der Waals surface area contributed by atoms with Crippen LogP contribution in [0.4, 0.5) is 5.69 Å². The second-order valence-electron chi connectivity index (χ2n) is 3.39. The summed E-state index contributed by atoms with van der Waals surface area (Å²) in [6, 6.07) is 7.24. The number of nitrogens with two attached hydrogens (primary N) is 2. The number of primary amides is 1. The Morgan fingerprint density at radius 1 is 1.40 bits per heavy atom. The number of amides is 1. The number of aryl methyl sites for hydroxylation is 1. The molecule has 0 saturated heterocycles. The first-order valence-electron chi connectivity index (χ1n) is 4.69. The summed E-state index contributed by atoms with van der Waals surface area (Å²) >= 11 is 0. The van der Waals surface area contributed by atoms with Crippen molar-refractivity contribution in [3.63, 3.8) is 0 Å². The topological polar surface area (TPSA) is 92.9 Å². The molecule has 0 atom stereocenters. The first-order valence-corrected chi connectivity index (χ1v) is 4.69. The molecule has 78 valence electrons. The van der Waals surface area contributed by atoms with Gasteiger partial charge >= 0.3 is 0 Å². The summed E-state index contributed by atoms with van der Waals surface area (Å²) in [6.45, 7) is 0. The number of nitriles is 1. The fourth-order valence-electron chi connectivity index (χ4n) is 1.39. The van der Waals surface area contributed by atoms with E-state index in [9.17, 15) is 4.79 Å². The number of carbonyl (C=O) groups is 1. The Balaban J connectivity index is 2.65. The van der Waals surface area contributed by atoms with Crippen LogP contribution in [0.25, 0.3) is 0 Å². The van der Waals surface area contributed by atoms with Gasteiger partial charge in [-0.15, -0.1) is 0 Å². The van der Waals surface area contributed by atoms with Crippen molar-refractivity contribution in [1.29, 1.82) is 5.26 Å². The SMILES string of the molecule is N#Cc1cc(N)cc(CCCC(N)=O)c1. The van der Waals surface area contributed by atoms with Crippen molar-refractivity contribution in [2.45, 2.75) is 19.3 Å². The molecule has 0 aliphatic carbocycles. The number of hydrogen-bond donors (Lipinski definition) is 2. The zero-order chi connectivity index (χ0) is 11.3. The largest absolute Gasteiger partial charge is 0.399 e.